The van der Waals surface area contributed by atoms with Crippen molar-refractivity contribution in [3.8, 4) is 11.3 Å². The molecule has 1 saturated heterocycles. The highest BCUT2D eigenvalue weighted by atomic mass is 16.1. The number of anilines is 1. The maximum atomic E-state index is 12.3. The van der Waals surface area contributed by atoms with E-state index in [2.05, 4.69) is 45.0 Å². The number of amides is 1. The molecule has 1 aromatic heterocycles. The number of benzene rings is 1. The van der Waals surface area contributed by atoms with E-state index in [0.29, 0.717) is 11.7 Å². The minimum absolute atomic E-state index is 0.153. The van der Waals surface area contributed by atoms with Crippen LogP contribution in [0.3, 0.4) is 0 Å². The zero-order valence-electron chi connectivity index (χ0n) is 14.4. The first kappa shape index (κ1) is 16.0. The van der Waals surface area contributed by atoms with E-state index in [1.54, 1.807) is 12.4 Å². The topological polar surface area (TPSA) is 78.9 Å². The van der Waals surface area contributed by atoms with Crippen molar-refractivity contribution in [1.29, 1.82) is 0 Å². The number of fused-ring (bicyclic) bond motifs is 1. The lowest BCUT2D eigenvalue weighted by Gasteiger charge is -2.23. The number of carbonyl (C=O) groups excluding carboxylic acids is 1. The fourth-order valence-corrected chi connectivity index (χ4v) is 3.54. The number of aromatic nitrogens is 2. The maximum Gasteiger partial charge on any atom is 0.271 e. The highest BCUT2D eigenvalue weighted by molar-refractivity contribution is 5.92. The Labute approximate surface area is 147 Å². The van der Waals surface area contributed by atoms with Crippen LogP contribution in [0.2, 0.25) is 0 Å². The van der Waals surface area contributed by atoms with E-state index in [1.165, 1.54) is 11.3 Å². The van der Waals surface area contributed by atoms with Gasteiger partial charge in [-0.05, 0) is 50.4 Å². The Morgan fingerprint density at radius 2 is 2.20 bits per heavy atom. The first-order valence-corrected chi connectivity index (χ1v) is 8.92. The molecule has 1 unspecified atom stereocenters. The number of carbonyl (C=O) groups is 1. The molecule has 25 heavy (non-hydrogen) atoms. The molecule has 6 nitrogen and oxygen atoms in total. The van der Waals surface area contributed by atoms with Crippen LogP contribution in [0.1, 0.15) is 35.8 Å². The zero-order chi connectivity index (χ0) is 17.2. The van der Waals surface area contributed by atoms with Crippen LogP contribution in [0.25, 0.3) is 11.3 Å². The van der Waals surface area contributed by atoms with Crippen molar-refractivity contribution in [1.82, 2.24) is 20.6 Å². The third kappa shape index (κ3) is 3.49. The van der Waals surface area contributed by atoms with Gasteiger partial charge in [-0.2, -0.15) is 0 Å². The summed E-state index contributed by atoms with van der Waals surface area (Å²) in [5.41, 5.74) is 4.69. The number of piperidine rings is 1. The molecular weight excluding hydrogens is 314 g/mol. The molecule has 130 valence electrons. The molecule has 2 aliphatic rings. The Hall–Kier alpha value is -2.47. The summed E-state index contributed by atoms with van der Waals surface area (Å²) in [4.78, 5) is 21.1. The Morgan fingerprint density at radius 1 is 1.28 bits per heavy atom. The van der Waals surface area contributed by atoms with Gasteiger partial charge in [-0.25, -0.2) is 4.98 Å². The average Bonchev–Trinajstić information content (AvgIpc) is 3.02. The van der Waals surface area contributed by atoms with Crippen LogP contribution in [-0.2, 0) is 6.42 Å². The van der Waals surface area contributed by atoms with Crippen molar-refractivity contribution in [3.05, 3.63) is 41.9 Å². The normalized spacial score (nSPS) is 22.1. The summed E-state index contributed by atoms with van der Waals surface area (Å²) in [7, 11) is 0. The molecule has 2 aromatic rings. The number of rotatable bonds is 3. The third-order valence-electron chi connectivity index (χ3n) is 4.85. The van der Waals surface area contributed by atoms with Gasteiger partial charge in [-0.3, -0.25) is 9.78 Å². The standard InChI is InChI=1S/C19H23N5O/c1-12-7-14-8-13(4-5-16(14)23-12)17-10-22-18(11-21-17)19(25)24-15-3-2-6-20-9-15/h4-5,8,10-12,15,20,23H,2-3,6-7,9H2,1H3,(H,24,25)/t12-,15?/m1/s1. The SMILES string of the molecule is C[C@@H]1Cc2cc(-c3cnc(C(=O)NC4CCCNC4)cn3)ccc2N1. The maximum absolute atomic E-state index is 12.3. The molecule has 4 rings (SSSR count). The first-order chi connectivity index (χ1) is 12.2. The lowest BCUT2D eigenvalue weighted by atomic mass is 10.1. The van der Waals surface area contributed by atoms with Crippen LogP contribution in [0.4, 0.5) is 5.69 Å². The van der Waals surface area contributed by atoms with Crippen LogP contribution >= 0.6 is 0 Å². The summed E-state index contributed by atoms with van der Waals surface area (Å²) in [6.45, 7) is 4.02. The largest absolute Gasteiger partial charge is 0.382 e. The lowest BCUT2D eigenvalue weighted by Crippen LogP contribution is -2.45. The lowest BCUT2D eigenvalue weighted by molar-refractivity contribution is 0.0925. The summed E-state index contributed by atoms with van der Waals surface area (Å²) in [6, 6.07) is 6.93. The van der Waals surface area contributed by atoms with E-state index < -0.39 is 0 Å². The molecule has 2 atom stereocenters. The van der Waals surface area contributed by atoms with Crippen molar-refractivity contribution < 1.29 is 4.79 Å². The minimum atomic E-state index is -0.153. The van der Waals surface area contributed by atoms with Crippen LogP contribution in [-0.4, -0.2) is 41.0 Å². The second-order valence-corrected chi connectivity index (χ2v) is 6.93. The van der Waals surface area contributed by atoms with Gasteiger partial charge in [0.15, 0.2) is 0 Å². The molecule has 3 heterocycles. The molecule has 6 heteroatoms. The van der Waals surface area contributed by atoms with Gasteiger partial charge < -0.3 is 16.0 Å². The number of hydrogen-bond acceptors (Lipinski definition) is 5. The summed E-state index contributed by atoms with van der Waals surface area (Å²) in [5.74, 6) is -0.153. The van der Waals surface area contributed by atoms with Crippen molar-refractivity contribution in [2.24, 2.45) is 0 Å². The second kappa shape index (κ2) is 6.80. The minimum Gasteiger partial charge on any atom is -0.382 e. The fourth-order valence-electron chi connectivity index (χ4n) is 3.54. The molecule has 1 aromatic carbocycles. The average molecular weight is 337 g/mol. The molecule has 0 saturated carbocycles. The van der Waals surface area contributed by atoms with Gasteiger partial charge in [-0.15, -0.1) is 0 Å². The highest BCUT2D eigenvalue weighted by Crippen LogP contribution is 2.29. The van der Waals surface area contributed by atoms with Crippen LogP contribution in [0.15, 0.2) is 30.6 Å². The van der Waals surface area contributed by atoms with Crippen LogP contribution in [0, 0.1) is 0 Å². The third-order valence-corrected chi connectivity index (χ3v) is 4.85. The van der Waals surface area contributed by atoms with E-state index in [9.17, 15) is 4.79 Å². The van der Waals surface area contributed by atoms with Gasteiger partial charge >= 0.3 is 0 Å². The Balaban J connectivity index is 1.46. The number of hydrogen-bond donors (Lipinski definition) is 3. The van der Waals surface area contributed by atoms with Crippen LogP contribution in [0.5, 0.6) is 0 Å². The van der Waals surface area contributed by atoms with Crippen molar-refractivity contribution in [3.63, 3.8) is 0 Å². The Morgan fingerprint density at radius 3 is 2.96 bits per heavy atom. The monoisotopic (exact) mass is 337 g/mol. The fraction of sp³-hybridized carbons (Fsp3) is 0.421. The molecule has 0 spiro atoms. The molecular formula is C19H23N5O. The van der Waals surface area contributed by atoms with Gasteiger partial charge in [0.2, 0.25) is 0 Å². The summed E-state index contributed by atoms with van der Waals surface area (Å²) >= 11 is 0. The first-order valence-electron chi connectivity index (χ1n) is 8.92. The van der Waals surface area contributed by atoms with Gasteiger partial charge in [0.05, 0.1) is 18.1 Å². The zero-order valence-corrected chi connectivity index (χ0v) is 14.4. The van der Waals surface area contributed by atoms with Crippen LogP contribution < -0.4 is 16.0 Å². The van der Waals surface area contributed by atoms with Crippen molar-refractivity contribution in [2.75, 3.05) is 18.4 Å². The Kier molecular flexibility index (Phi) is 4.36. The van der Waals surface area contributed by atoms with E-state index in [4.69, 9.17) is 0 Å². The summed E-state index contributed by atoms with van der Waals surface area (Å²) < 4.78 is 0. The van der Waals surface area contributed by atoms with E-state index >= 15 is 0 Å². The molecule has 1 amide bonds. The summed E-state index contributed by atoms with van der Waals surface area (Å²) in [5, 5.41) is 9.76. The highest BCUT2D eigenvalue weighted by Gasteiger charge is 2.19. The number of nitrogens with zero attached hydrogens (tertiary/aromatic N) is 2. The van der Waals surface area contributed by atoms with Crippen molar-refractivity contribution >= 4 is 11.6 Å². The predicted molar refractivity (Wildman–Crippen MR) is 97.6 cm³/mol. The van der Waals surface area contributed by atoms with Gasteiger partial charge in [0.25, 0.3) is 5.91 Å². The summed E-state index contributed by atoms with van der Waals surface area (Å²) in [6.07, 6.45) is 6.36. The van der Waals surface area contributed by atoms with E-state index in [1.807, 2.05) is 6.07 Å². The van der Waals surface area contributed by atoms with Gasteiger partial charge in [0.1, 0.15) is 5.69 Å². The Bertz CT molecular complexity index is 768. The molecule has 1 fully saturated rings. The molecule has 2 aliphatic heterocycles. The quantitative estimate of drug-likeness (QED) is 0.798. The second-order valence-electron chi connectivity index (χ2n) is 6.93. The molecule has 0 bridgehead atoms. The molecule has 3 N–H and O–H groups in total. The molecule has 0 aliphatic carbocycles. The smallest absolute Gasteiger partial charge is 0.271 e. The number of nitrogens with one attached hydrogen (secondary N) is 3. The van der Waals surface area contributed by atoms with Crippen molar-refractivity contribution in [2.45, 2.75) is 38.3 Å². The van der Waals surface area contributed by atoms with Gasteiger partial charge in [-0.1, -0.05) is 6.07 Å². The van der Waals surface area contributed by atoms with E-state index in [-0.39, 0.29) is 11.9 Å². The molecule has 0 radical (unpaired) electrons. The predicted octanol–water partition coefficient (Wildman–Crippen LogP) is 1.98. The van der Waals surface area contributed by atoms with E-state index in [0.717, 1.165) is 43.6 Å². The van der Waals surface area contributed by atoms with Gasteiger partial charge in [0, 0.05) is 29.9 Å².